The number of amides is 1. The number of carbonyl (C=O) groups excluding carboxylic acids is 1. The number of oxazole rings is 1. The Balaban J connectivity index is 1.96. The molecule has 0 unspecified atom stereocenters. The first-order valence-corrected chi connectivity index (χ1v) is 6.25. The lowest BCUT2D eigenvalue weighted by Gasteiger charge is -2.00. The zero-order valence-corrected chi connectivity index (χ0v) is 10.9. The van der Waals surface area contributed by atoms with Crippen molar-refractivity contribution < 1.29 is 9.21 Å². The van der Waals surface area contributed by atoms with Gasteiger partial charge < -0.3 is 14.7 Å². The molecule has 2 heterocycles. The smallest absolute Gasteiger partial charge is 0.216 e. The normalized spacial score (nSPS) is 11.3. The molecule has 0 aliphatic heterocycles. The summed E-state index contributed by atoms with van der Waals surface area (Å²) in [6, 6.07) is 3.99. The Morgan fingerprint density at radius 3 is 3.11 bits per heavy atom. The van der Waals surface area contributed by atoms with Crippen molar-refractivity contribution in [3.63, 3.8) is 0 Å². The molecule has 0 spiro atoms. The molecule has 0 atom stereocenters. The number of nitrogens with zero attached hydrogens (tertiary/aromatic N) is 1. The van der Waals surface area contributed by atoms with Gasteiger partial charge in [-0.3, -0.25) is 4.79 Å². The highest BCUT2D eigenvalue weighted by Gasteiger charge is 2.09. The van der Waals surface area contributed by atoms with Gasteiger partial charge in [0.05, 0.1) is 0 Å². The minimum atomic E-state index is -0.00640. The average Bonchev–Trinajstić information content (AvgIpc) is 2.88. The van der Waals surface area contributed by atoms with E-state index in [4.69, 9.17) is 4.42 Å². The third-order valence-corrected chi connectivity index (χ3v) is 3.15. The second kappa shape index (κ2) is 4.42. The van der Waals surface area contributed by atoms with Crippen LogP contribution in [0.5, 0.6) is 0 Å². The van der Waals surface area contributed by atoms with Crippen LogP contribution >= 0.6 is 0 Å². The van der Waals surface area contributed by atoms with E-state index in [0.29, 0.717) is 12.4 Å². The summed E-state index contributed by atoms with van der Waals surface area (Å²) in [4.78, 5) is 18.4. The van der Waals surface area contributed by atoms with E-state index in [2.05, 4.69) is 15.3 Å². The van der Waals surface area contributed by atoms with Crippen molar-refractivity contribution >= 4 is 27.9 Å². The fourth-order valence-electron chi connectivity index (χ4n) is 2.30. The minimum Gasteiger partial charge on any atom is -0.441 e. The van der Waals surface area contributed by atoms with E-state index in [9.17, 15) is 4.79 Å². The van der Waals surface area contributed by atoms with E-state index >= 15 is 0 Å². The summed E-state index contributed by atoms with van der Waals surface area (Å²) in [5.74, 6) is 0.663. The van der Waals surface area contributed by atoms with Crippen LogP contribution in [-0.4, -0.2) is 22.4 Å². The topological polar surface area (TPSA) is 70.9 Å². The van der Waals surface area contributed by atoms with Gasteiger partial charge in [0.15, 0.2) is 11.5 Å². The highest BCUT2D eigenvalue weighted by atomic mass is 16.3. The molecule has 98 valence electrons. The lowest BCUT2D eigenvalue weighted by molar-refractivity contribution is -0.118. The minimum absolute atomic E-state index is 0.00640. The van der Waals surface area contributed by atoms with Crippen molar-refractivity contribution in [2.75, 3.05) is 6.54 Å². The number of fused-ring (bicyclic) bond motifs is 2. The fourth-order valence-corrected chi connectivity index (χ4v) is 2.30. The number of rotatable bonds is 3. The summed E-state index contributed by atoms with van der Waals surface area (Å²) in [6.45, 7) is 4.00. The molecule has 0 saturated heterocycles. The van der Waals surface area contributed by atoms with Gasteiger partial charge in [0.2, 0.25) is 5.91 Å². The molecule has 1 amide bonds. The third kappa shape index (κ3) is 2.19. The molecule has 3 aromatic rings. The van der Waals surface area contributed by atoms with Crippen molar-refractivity contribution in [2.24, 2.45) is 0 Å². The quantitative estimate of drug-likeness (QED) is 0.756. The van der Waals surface area contributed by atoms with Gasteiger partial charge in [-0.15, -0.1) is 0 Å². The molecule has 0 saturated carbocycles. The highest BCUT2D eigenvalue weighted by molar-refractivity contribution is 5.94. The summed E-state index contributed by atoms with van der Waals surface area (Å²) in [5.41, 5.74) is 3.86. The van der Waals surface area contributed by atoms with Crippen LogP contribution in [0.3, 0.4) is 0 Å². The number of aryl methyl sites for hydroxylation is 1. The molecule has 1 aromatic carbocycles. The number of carbonyl (C=O) groups is 1. The van der Waals surface area contributed by atoms with Gasteiger partial charge in [0.25, 0.3) is 0 Å². The number of H-pyrrole nitrogens is 1. The van der Waals surface area contributed by atoms with Gasteiger partial charge in [-0.25, -0.2) is 4.98 Å². The molecule has 0 fully saturated rings. The standard InChI is InChI=1S/C14H15N3O2/c1-8(18)15-4-3-10-7-16-12-6-13-14(5-11(10)12)19-9(2)17-13/h5-7,16H,3-4H2,1-2H3,(H,15,18). The fraction of sp³-hybridized carbons (Fsp3) is 0.286. The largest absolute Gasteiger partial charge is 0.441 e. The van der Waals surface area contributed by atoms with Crippen LogP contribution in [0.25, 0.3) is 22.0 Å². The third-order valence-electron chi connectivity index (χ3n) is 3.15. The number of aromatic nitrogens is 2. The Bertz CT molecular complexity index is 755. The molecule has 5 heteroatoms. The van der Waals surface area contributed by atoms with Crippen molar-refractivity contribution in [2.45, 2.75) is 20.3 Å². The van der Waals surface area contributed by atoms with Crippen LogP contribution in [0.1, 0.15) is 18.4 Å². The average molecular weight is 257 g/mol. The first-order chi connectivity index (χ1) is 9.13. The van der Waals surface area contributed by atoms with Gasteiger partial charge in [-0.05, 0) is 24.1 Å². The van der Waals surface area contributed by atoms with E-state index in [1.54, 1.807) is 0 Å². The van der Waals surface area contributed by atoms with Crippen molar-refractivity contribution in [1.29, 1.82) is 0 Å². The van der Waals surface area contributed by atoms with E-state index < -0.39 is 0 Å². The lowest BCUT2D eigenvalue weighted by atomic mass is 10.1. The number of hydrogen-bond donors (Lipinski definition) is 2. The van der Waals surface area contributed by atoms with Crippen LogP contribution in [0.2, 0.25) is 0 Å². The summed E-state index contributed by atoms with van der Waals surface area (Å²) >= 11 is 0. The maximum Gasteiger partial charge on any atom is 0.216 e. The van der Waals surface area contributed by atoms with E-state index in [0.717, 1.165) is 28.4 Å². The zero-order chi connectivity index (χ0) is 13.4. The second-order valence-electron chi connectivity index (χ2n) is 4.65. The molecule has 3 rings (SSSR count). The van der Waals surface area contributed by atoms with Gasteiger partial charge in [0, 0.05) is 37.5 Å². The van der Waals surface area contributed by atoms with E-state index in [-0.39, 0.29) is 5.91 Å². The molecule has 2 N–H and O–H groups in total. The van der Waals surface area contributed by atoms with Crippen molar-refractivity contribution in [3.8, 4) is 0 Å². The molecular formula is C14H15N3O2. The van der Waals surface area contributed by atoms with Crippen LogP contribution in [-0.2, 0) is 11.2 Å². The first-order valence-electron chi connectivity index (χ1n) is 6.25. The summed E-state index contributed by atoms with van der Waals surface area (Å²) in [7, 11) is 0. The lowest BCUT2D eigenvalue weighted by Crippen LogP contribution is -2.22. The SMILES string of the molecule is CC(=O)NCCc1c[nH]c2cc3nc(C)oc3cc12. The van der Waals surface area contributed by atoms with Gasteiger partial charge in [-0.2, -0.15) is 0 Å². The van der Waals surface area contributed by atoms with Crippen LogP contribution in [0.15, 0.2) is 22.7 Å². The molecule has 2 aromatic heterocycles. The maximum absolute atomic E-state index is 10.9. The molecule has 0 bridgehead atoms. The molecule has 0 aliphatic rings. The number of hydrogen-bond acceptors (Lipinski definition) is 3. The Morgan fingerprint density at radius 2 is 2.32 bits per heavy atom. The Morgan fingerprint density at radius 1 is 1.47 bits per heavy atom. The highest BCUT2D eigenvalue weighted by Crippen LogP contribution is 2.25. The number of aromatic amines is 1. The Hall–Kier alpha value is -2.30. The summed E-state index contributed by atoms with van der Waals surface area (Å²) < 4.78 is 5.55. The monoisotopic (exact) mass is 257 g/mol. The second-order valence-corrected chi connectivity index (χ2v) is 4.65. The Labute approximate surface area is 110 Å². The van der Waals surface area contributed by atoms with Crippen molar-refractivity contribution in [1.82, 2.24) is 15.3 Å². The number of nitrogens with one attached hydrogen (secondary N) is 2. The predicted molar refractivity (Wildman–Crippen MR) is 73.0 cm³/mol. The summed E-state index contributed by atoms with van der Waals surface area (Å²) in [5, 5.41) is 3.92. The summed E-state index contributed by atoms with van der Waals surface area (Å²) in [6.07, 6.45) is 2.76. The van der Waals surface area contributed by atoms with Gasteiger partial charge in [-0.1, -0.05) is 0 Å². The first kappa shape index (κ1) is 11.8. The van der Waals surface area contributed by atoms with Gasteiger partial charge in [0.1, 0.15) is 5.52 Å². The van der Waals surface area contributed by atoms with E-state index in [1.807, 2.05) is 25.3 Å². The molecule has 5 nitrogen and oxygen atoms in total. The molecule has 0 radical (unpaired) electrons. The number of benzene rings is 1. The van der Waals surface area contributed by atoms with E-state index in [1.165, 1.54) is 12.5 Å². The van der Waals surface area contributed by atoms with Crippen molar-refractivity contribution in [3.05, 3.63) is 29.8 Å². The van der Waals surface area contributed by atoms with Crippen LogP contribution in [0, 0.1) is 6.92 Å². The molecule has 0 aliphatic carbocycles. The van der Waals surface area contributed by atoms with Crippen LogP contribution in [0.4, 0.5) is 0 Å². The zero-order valence-electron chi connectivity index (χ0n) is 10.9. The predicted octanol–water partition coefficient (Wildman–Crippen LogP) is 2.30. The maximum atomic E-state index is 10.9. The molecule has 19 heavy (non-hydrogen) atoms. The van der Waals surface area contributed by atoms with Crippen LogP contribution < -0.4 is 5.32 Å². The Kier molecular flexibility index (Phi) is 2.74. The molecular weight excluding hydrogens is 242 g/mol. The van der Waals surface area contributed by atoms with Gasteiger partial charge >= 0.3 is 0 Å².